The van der Waals surface area contributed by atoms with Crippen molar-refractivity contribution in [3.05, 3.63) is 124 Å². The minimum atomic E-state index is -4.23. The number of hydrogen-bond acceptors (Lipinski definition) is 5. The third kappa shape index (κ3) is 8.98. The second-order valence-electron chi connectivity index (χ2n) is 11.0. The lowest BCUT2D eigenvalue weighted by Crippen LogP contribution is -2.53. The molecule has 2 amide bonds. The summed E-state index contributed by atoms with van der Waals surface area (Å²) in [5.74, 6) is -0.526. The van der Waals surface area contributed by atoms with E-state index in [9.17, 15) is 18.0 Å². The molecular formula is C36H40BrN3O5S. The summed E-state index contributed by atoms with van der Waals surface area (Å²) in [5, 5.41) is 3.01. The van der Waals surface area contributed by atoms with Gasteiger partial charge in [0.05, 0.1) is 17.7 Å². The number of methoxy groups -OCH3 is 1. The van der Waals surface area contributed by atoms with Crippen molar-refractivity contribution in [3.63, 3.8) is 0 Å². The van der Waals surface area contributed by atoms with Gasteiger partial charge in [-0.25, -0.2) is 8.42 Å². The minimum Gasteiger partial charge on any atom is -0.495 e. The van der Waals surface area contributed by atoms with E-state index in [0.717, 1.165) is 38.3 Å². The second-order valence-corrected chi connectivity index (χ2v) is 13.8. The molecule has 0 aliphatic carbocycles. The van der Waals surface area contributed by atoms with Crippen LogP contribution in [0.2, 0.25) is 0 Å². The molecule has 46 heavy (non-hydrogen) atoms. The lowest BCUT2D eigenvalue weighted by Gasteiger charge is -2.34. The van der Waals surface area contributed by atoms with Gasteiger partial charge in [0.1, 0.15) is 18.3 Å². The molecule has 10 heteroatoms. The maximum atomic E-state index is 14.6. The van der Waals surface area contributed by atoms with Gasteiger partial charge in [-0.1, -0.05) is 96.0 Å². The zero-order valence-electron chi connectivity index (χ0n) is 26.4. The van der Waals surface area contributed by atoms with Crippen LogP contribution in [-0.2, 0) is 32.6 Å². The minimum absolute atomic E-state index is 0.0314. The number of hydrogen-bond donors (Lipinski definition) is 1. The number of anilines is 1. The van der Waals surface area contributed by atoms with Gasteiger partial charge in [0.25, 0.3) is 10.0 Å². The first-order chi connectivity index (χ1) is 22.1. The van der Waals surface area contributed by atoms with Gasteiger partial charge in [-0.15, -0.1) is 0 Å². The van der Waals surface area contributed by atoms with Crippen LogP contribution in [0.1, 0.15) is 36.5 Å². The molecule has 8 nitrogen and oxygen atoms in total. The number of halogens is 1. The zero-order valence-corrected chi connectivity index (χ0v) is 28.8. The predicted molar refractivity (Wildman–Crippen MR) is 185 cm³/mol. The number of sulfonamides is 1. The summed E-state index contributed by atoms with van der Waals surface area (Å²) in [7, 11) is -2.78. The van der Waals surface area contributed by atoms with Crippen molar-refractivity contribution < 1.29 is 22.7 Å². The Hall–Kier alpha value is -4.15. The summed E-state index contributed by atoms with van der Waals surface area (Å²) in [5.41, 5.74) is 2.69. The molecule has 4 rings (SSSR count). The first-order valence-electron chi connectivity index (χ1n) is 15.2. The standard InChI is InChI=1S/C36H40BrN3O5S/c1-4-5-22-38-36(42)33(24-28-12-8-6-9-13-28)39(25-29-17-19-30(37)20-18-29)35(41)26-40(32-23-27(2)16-21-34(32)45-3)46(43,44)31-14-10-7-11-15-31/h6-21,23,33H,4-5,22,24-26H2,1-3H3,(H,38,42)/t33-/m0/s1. The van der Waals surface area contributed by atoms with E-state index in [1.165, 1.54) is 24.1 Å². The number of nitrogens with zero attached hydrogens (tertiary/aromatic N) is 2. The van der Waals surface area contributed by atoms with Crippen LogP contribution in [0, 0.1) is 6.92 Å². The second kappa shape index (κ2) is 16.4. The van der Waals surface area contributed by atoms with E-state index < -0.39 is 28.5 Å². The molecule has 4 aromatic rings. The molecule has 0 fully saturated rings. The van der Waals surface area contributed by atoms with Gasteiger partial charge < -0.3 is 15.0 Å². The van der Waals surface area contributed by atoms with E-state index in [0.29, 0.717) is 12.3 Å². The smallest absolute Gasteiger partial charge is 0.264 e. The van der Waals surface area contributed by atoms with Crippen molar-refractivity contribution in [3.8, 4) is 5.75 Å². The molecule has 0 aliphatic heterocycles. The molecule has 242 valence electrons. The van der Waals surface area contributed by atoms with Crippen molar-refractivity contribution in [1.82, 2.24) is 10.2 Å². The van der Waals surface area contributed by atoms with Crippen LogP contribution in [-0.4, -0.2) is 51.4 Å². The summed E-state index contributed by atoms with van der Waals surface area (Å²) >= 11 is 3.46. The highest BCUT2D eigenvalue weighted by Gasteiger charge is 2.35. The Bertz CT molecular complexity index is 1700. The highest BCUT2D eigenvalue weighted by Crippen LogP contribution is 2.34. The fourth-order valence-electron chi connectivity index (χ4n) is 5.07. The average molecular weight is 707 g/mol. The Balaban J connectivity index is 1.82. The molecule has 1 atom stereocenters. The number of unbranched alkanes of at least 4 members (excludes halogenated alkanes) is 1. The largest absolute Gasteiger partial charge is 0.495 e. The van der Waals surface area contributed by atoms with Crippen molar-refractivity contribution in [2.24, 2.45) is 0 Å². The van der Waals surface area contributed by atoms with Gasteiger partial charge in [-0.3, -0.25) is 13.9 Å². The molecule has 0 saturated carbocycles. The summed E-state index contributed by atoms with van der Waals surface area (Å²) in [6.45, 7) is 3.89. The number of ether oxygens (including phenoxy) is 1. The van der Waals surface area contributed by atoms with Crippen LogP contribution < -0.4 is 14.4 Å². The lowest BCUT2D eigenvalue weighted by atomic mass is 10.0. The van der Waals surface area contributed by atoms with E-state index in [-0.39, 0.29) is 29.5 Å². The number of rotatable bonds is 15. The Morgan fingerprint density at radius 3 is 2.17 bits per heavy atom. The number of amides is 2. The first kappa shape index (κ1) is 34.7. The highest BCUT2D eigenvalue weighted by molar-refractivity contribution is 9.10. The number of benzene rings is 4. The van der Waals surface area contributed by atoms with E-state index in [1.807, 2.05) is 74.5 Å². The van der Waals surface area contributed by atoms with Crippen LogP contribution >= 0.6 is 15.9 Å². The Labute approximate surface area is 280 Å². The zero-order chi connectivity index (χ0) is 33.1. The molecule has 0 radical (unpaired) electrons. The van der Waals surface area contributed by atoms with Gasteiger partial charge in [-0.05, 0) is 66.4 Å². The Morgan fingerprint density at radius 1 is 0.891 bits per heavy atom. The van der Waals surface area contributed by atoms with Gasteiger partial charge in [0.15, 0.2) is 0 Å². The van der Waals surface area contributed by atoms with E-state index in [1.54, 1.807) is 30.3 Å². The van der Waals surface area contributed by atoms with E-state index in [4.69, 9.17) is 4.74 Å². The molecule has 0 heterocycles. The third-order valence-electron chi connectivity index (χ3n) is 7.58. The average Bonchev–Trinajstić information content (AvgIpc) is 3.06. The molecular weight excluding hydrogens is 666 g/mol. The first-order valence-corrected chi connectivity index (χ1v) is 17.4. The number of carbonyl (C=O) groups is 2. The van der Waals surface area contributed by atoms with Crippen LogP contribution in [0.15, 0.2) is 112 Å². The summed E-state index contributed by atoms with van der Waals surface area (Å²) in [6.07, 6.45) is 1.94. The monoisotopic (exact) mass is 705 g/mol. The van der Waals surface area contributed by atoms with Crippen molar-refractivity contribution in [2.45, 2.75) is 50.6 Å². The fourth-order valence-corrected chi connectivity index (χ4v) is 6.78. The number of nitrogens with one attached hydrogen (secondary N) is 1. The maximum Gasteiger partial charge on any atom is 0.264 e. The van der Waals surface area contributed by atoms with Crippen molar-refractivity contribution in [1.29, 1.82) is 0 Å². The maximum absolute atomic E-state index is 14.6. The predicted octanol–water partition coefficient (Wildman–Crippen LogP) is 6.52. The van der Waals surface area contributed by atoms with Gasteiger partial charge in [0, 0.05) is 24.0 Å². The topological polar surface area (TPSA) is 96.0 Å². The van der Waals surface area contributed by atoms with Crippen LogP contribution in [0.25, 0.3) is 0 Å². The van der Waals surface area contributed by atoms with Crippen molar-refractivity contribution in [2.75, 3.05) is 24.5 Å². The summed E-state index contributed by atoms with van der Waals surface area (Å²) in [6, 6.07) is 29.3. The number of carbonyl (C=O) groups excluding carboxylic acids is 2. The molecule has 0 unspecified atom stereocenters. The van der Waals surface area contributed by atoms with E-state index >= 15 is 0 Å². The van der Waals surface area contributed by atoms with Crippen LogP contribution in [0.3, 0.4) is 0 Å². The SMILES string of the molecule is CCCCNC(=O)[C@H](Cc1ccccc1)N(Cc1ccc(Br)cc1)C(=O)CN(c1cc(C)ccc1OC)S(=O)(=O)c1ccccc1. The lowest BCUT2D eigenvalue weighted by molar-refractivity contribution is -0.140. The molecule has 1 N–H and O–H groups in total. The van der Waals surface area contributed by atoms with E-state index in [2.05, 4.69) is 21.2 Å². The van der Waals surface area contributed by atoms with Gasteiger partial charge in [-0.2, -0.15) is 0 Å². The Kier molecular flexibility index (Phi) is 12.4. The molecule has 4 aromatic carbocycles. The van der Waals surface area contributed by atoms with Crippen LogP contribution in [0.4, 0.5) is 5.69 Å². The quantitative estimate of drug-likeness (QED) is 0.142. The summed E-state index contributed by atoms with van der Waals surface area (Å²) < 4.78 is 36.0. The van der Waals surface area contributed by atoms with Gasteiger partial charge >= 0.3 is 0 Å². The molecule has 0 aliphatic rings. The van der Waals surface area contributed by atoms with Gasteiger partial charge in [0.2, 0.25) is 11.8 Å². The van der Waals surface area contributed by atoms with Crippen LogP contribution in [0.5, 0.6) is 5.75 Å². The normalized spacial score (nSPS) is 11.8. The summed E-state index contributed by atoms with van der Waals surface area (Å²) in [4.78, 5) is 30.0. The highest BCUT2D eigenvalue weighted by atomic mass is 79.9. The Morgan fingerprint density at radius 2 is 1.54 bits per heavy atom. The molecule has 0 aromatic heterocycles. The third-order valence-corrected chi connectivity index (χ3v) is 9.88. The van der Waals surface area contributed by atoms with Crippen molar-refractivity contribution >= 4 is 43.5 Å². The fraction of sp³-hybridized carbons (Fsp3) is 0.278. The molecule has 0 bridgehead atoms. The molecule has 0 spiro atoms. The number of aryl methyl sites for hydroxylation is 1. The molecule has 0 saturated heterocycles.